The van der Waals surface area contributed by atoms with Crippen LogP contribution in [0.2, 0.25) is 0 Å². The first-order chi connectivity index (χ1) is 9.63. The fourth-order valence-corrected chi connectivity index (χ4v) is 2.40. The van der Waals surface area contributed by atoms with Gasteiger partial charge >= 0.3 is 0 Å². The normalized spacial score (nSPS) is 19.5. The largest absolute Gasteiger partial charge is 0.327 e. The number of carbonyl (C=O) groups is 1. The number of halogens is 1. The van der Waals surface area contributed by atoms with Gasteiger partial charge in [-0.05, 0) is 43.2 Å². The summed E-state index contributed by atoms with van der Waals surface area (Å²) < 4.78 is 0. The summed E-state index contributed by atoms with van der Waals surface area (Å²) in [4.78, 5) is 12.1. The Bertz CT molecular complexity index is 639. The Morgan fingerprint density at radius 2 is 1.86 bits per heavy atom. The second-order valence-corrected chi connectivity index (χ2v) is 5.45. The molecule has 1 saturated carbocycles. The van der Waals surface area contributed by atoms with Crippen LogP contribution >= 0.6 is 12.4 Å². The third-order valence-corrected chi connectivity index (χ3v) is 3.72. The molecule has 0 saturated heterocycles. The molecule has 21 heavy (non-hydrogen) atoms. The maximum absolute atomic E-state index is 12.1. The van der Waals surface area contributed by atoms with Crippen molar-refractivity contribution >= 4 is 24.0 Å². The lowest BCUT2D eigenvalue weighted by molar-refractivity contribution is 0.102. The van der Waals surface area contributed by atoms with Crippen molar-refractivity contribution in [1.82, 2.24) is 0 Å². The summed E-state index contributed by atoms with van der Waals surface area (Å²) in [5.74, 6) is 0.418. The van der Waals surface area contributed by atoms with Gasteiger partial charge in [0.1, 0.15) is 0 Å². The van der Waals surface area contributed by atoms with Crippen LogP contribution in [-0.4, -0.2) is 11.9 Å². The summed E-state index contributed by atoms with van der Waals surface area (Å²) in [7, 11) is 0. The molecule has 2 unspecified atom stereocenters. The maximum atomic E-state index is 12.1. The molecule has 0 aliphatic heterocycles. The van der Waals surface area contributed by atoms with Crippen molar-refractivity contribution in [1.29, 1.82) is 0 Å². The van der Waals surface area contributed by atoms with E-state index in [4.69, 9.17) is 5.73 Å². The van der Waals surface area contributed by atoms with Gasteiger partial charge in [-0.3, -0.25) is 4.79 Å². The highest BCUT2D eigenvalue weighted by Gasteiger charge is 2.34. The zero-order chi connectivity index (χ0) is 14.1. The molecule has 1 fully saturated rings. The highest BCUT2D eigenvalue weighted by atomic mass is 35.5. The van der Waals surface area contributed by atoms with Gasteiger partial charge in [0.15, 0.2) is 0 Å². The Morgan fingerprint density at radius 1 is 1.19 bits per heavy atom. The molecule has 1 amide bonds. The second kappa shape index (κ2) is 6.29. The summed E-state index contributed by atoms with van der Waals surface area (Å²) in [6, 6.07) is 15.8. The predicted octanol–water partition coefficient (Wildman–Crippen LogP) is 3.48. The zero-order valence-corrected chi connectivity index (χ0v) is 12.7. The first-order valence-electron chi connectivity index (χ1n) is 6.87. The molecule has 1 aliphatic carbocycles. The van der Waals surface area contributed by atoms with Crippen molar-refractivity contribution in [3.05, 3.63) is 65.2 Å². The Kier molecular flexibility index (Phi) is 4.66. The van der Waals surface area contributed by atoms with Crippen LogP contribution in [0.3, 0.4) is 0 Å². The van der Waals surface area contributed by atoms with E-state index in [9.17, 15) is 4.79 Å². The van der Waals surface area contributed by atoms with Gasteiger partial charge in [-0.1, -0.05) is 29.8 Å². The van der Waals surface area contributed by atoms with E-state index in [1.807, 2.05) is 55.5 Å². The molecular formula is C17H19ClN2O. The van der Waals surface area contributed by atoms with Gasteiger partial charge < -0.3 is 11.1 Å². The van der Waals surface area contributed by atoms with Gasteiger partial charge in [0.2, 0.25) is 0 Å². The van der Waals surface area contributed by atoms with Crippen LogP contribution in [0.1, 0.15) is 33.8 Å². The maximum Gasteiger partial charge on any atom is 0.255 e. The summed E-state index contributed by atoms with van der Waals surface area (Å²) in [5.41, 5.74) is 9.67. The Balaban J connectivity index is 0.00000161. The standard InChI is InChI=1S/C17H18N2O.ClH/c1-11-3-2-4-13(9-11)17(20)19-14-7-5-12(6-8-14)15-10-16(15)18;/h2-9,15-16H,10,18H2,1H3,(H,19,20);1H. The van der Waals surface area contributed by atoms with Crippen LogP contribution in [0.4, 0.5) is 5.69 Å². The third kappa shape index (κ3) is 3.63. The van der Waals surface area contributed by atoms with E-state index in [-0.39, 0.29) is 18.3 Å². The lowest BCUT2D eigenvalue weighted by Gasteiger charge is -2.07. The first kappa shape index (κ1) is 15.5. The van der Waals surface area contributed by atoms with E-state index in [0.29, 0.717) is 17.5 Å². The van der Waals surface area contributed by atoms with Crippen LogP contribution in [0, 0.1) is 6.92 Å². The van der Waals surface area contributed by atoms with Gasteiger partial charge in [-0.2, -0.15) is 0 Å². The van der Waals surface area contributed by atoms with Gasteiger partial charge in [0.05, 0.1) is 0 Å². The number of carbonyl (C=O) groups excluding carboxylic acids is 1. The fraction of sp³-hybridized carbons (Fsp3) is 0.235. The van der Waals surface area contributed by atoms with E-state index in [1.54, 1.807) is 0 Å². The van der Waals surface area contributed by atoms with E-state index < -0.39 is 0 Å². The van der Waals surface area contributed by atoms with Gasteiger partial charge in [0.25, 0.3) is 5.91 Å². The van der Waals surface area contributed by atoms with Crippen LogP contribution in [0.15, 0.2) is 48.5 Å². The van der Waals surface area contributed by atoms with Crippen molar-refractivity contribution in [2.45, 2.75) is 25.3 Å². The number of hydrogen-bond acceptors (Lipinski definition) is 2. The monoisotopic (exact) mass is 302 g/mol. The van der Waals surface area contributed by atoms with Crippen molar-refractivity contribution in [2.24, 2.45) is 5.73 Å². The number of amides is 1. The highest BCUT2D eigenvalue weighted by molar-refractivity contribution is 6.04. The van der Waals surface area contributed by atoms with Crippen LogP contribution in [0.5, 0.6) is 0 Å². The summed E-state index contributed by atoms with van der Waals surface area (Å²) in [6.45, 7) is 1.98. The zero-order valence-electron chi connectivity index (χ0n) is 11.9. The average Bonchev–Trinajstić information content (AvgIpc) is 3.17. The highest BCUT2D eigenvalue weighted by Crippen LogP contribution is 2.39. The number of benzene rings is 2. The molecule has 3 nitrogen and oxygen atoms in total. The molecule has 0 spiro atoms. The number of aryl methyl sites for hydroxylation is 1. The van der Waals surface area contributed by atoms with Gasteiger partial charge in [-0.25, -0.2) is 0 Å². The Morgan fingerprint density at radius 3 is 2.43 bits per heavy atom. The smallest absolute Gasteiger partial charge is 0.255 e. The molecule has 0 radical (unpaired) electrons. The van der Waals surface area contributed by atoms with Crippen molar-refractivity contribution in [3.63, 3.8) is 0 Å². The minimum atomic E-state index is -0.0791. The van der Waals surface area contributed by atoms with E-state index in [2.05, 4.69) is 5.32 Å². The molecule has 0 aromatic heterocycles. The molecule has 0 heterocycles. The number of anilines is 1. The number of nitrogens with one attached hydrogen (secondary N) is 1. The molecule has 2 aromatic rings. The van der Waals surface area contributed by atoms with Crippen molar-refractivity contribution in [3.8, 4) is 0 Å². The minimum Gasteiger partial charge on any atom is -0.327 e. The van der Waals surface area contributed by atoms with E-state index >= 15 is 0 Å². The number of rotatable bonds is 3. The topological polar surface area (TPSA) is 55.1 Å². The van der Waals surface area contributed by atoms with Crippen molar-refractivity contribution < 1.29 is 4.79 Å². The molecule has 4 heteroatoms. The van der Waals surface area contributed by atoms with Gasteiger partial charge in [0, 0.05) is 23.2 Å². The van der Waals surface area contributed by atoms with Gasteiger partial charge in [-0.15, -0.1) is 12.4 Å². The third-order valence-electron chi connectivity index (χ3n) is 3.72. The lowest BCUT2D eigenvalue weighted by Crippen LogP contribution is -2.11. The summed E-state index contributed by atoms with van der Waals surface area (Å²) in [5, 5.41) is 2.91. The Hall–Kier alpha value is -1.84. The Labute approximate surface area is 131 Å². The molecule has 0 bridgehead atoms. The van der Waals surface area contributed by atoms with Crippen LogP contribution in [0.25, 0.3) is 0 Å². The SMILES string of the molecule is Cc1cccc(C(=O)Nc2ccc(C3CC3N)cc2)c1.Cl. The second-order valence-electron chi connectivity index (χ2n) is 5.45. The molecule has 1 aliphatic rings. The molecule has 2 atom stereocenters. The quantitative estimate of drug-likeness (QED) is 0.912. The summed E-state index contributed by atoms with van der Waals surface area (Å²) >= 11 is 0. The molecule has 110 valence electrons. The number of nitrogens with two attached hydrogens (primary N) is 1. The number of hydrogen-bond donors (Lipinski definition) is 2. The molecule has 3 rings (SSSR count). The van der Waals surface area contributed by atoms with Crippen molar-refractivity contribution in [2.75, 3.05) is 5.32 Å². The molecule has 2 aromatic carbocycles. The molecule has 3 N–H and O–H groups in total. The summed E-state index contributed by atoms with van der Waals surface area (Å²) in [6.07, 6.45) is 1.06. The predicted molar refractivity (Wildman–Crippen MR) is 88.2 cm³/mol. The minimum absolute atomic E-state index is 0. The lowest BCUT2D eigenvalue weighted by atomic mass is 10.1. The first-order valence-corrected chi connectivity index (χ1v) is 6.87. The van der Waals surface area contributed by atoms with Crippen LogP contribution < -0.4 is 11.1 Å². The van der Waals surface area contributed by atoms with Crippen LogP contribution in [-0.2, 0) is 0 Å². The average molecular weight is 303 g/mol. The molecular weight excluding hydrogens is 284 g/mol. The van der Waals surface area contributed by atoms with E-state index in [0.717, 1.165) is 17.7 Å². The van der Waals surface area contributed by atoms with E-state index in [1.165, 1.54) is 5.56 Å². The fourth-order valence-electron chi connectivity index (χ4n) is 2.40.